The topological polar surface area (TPSA) is 13.1 Å². The van der Waals surface area contributed by atoms with E-state index in [2.05, 4.69) is 285 Å². The highest BCUT2D eigenvalue weighted by Crippen LogP contribution is 2.55. The van der Waals surface area contributed by atoms with Crippen LogP contribution in [0.1, 0.15) is 63.3 Å². The van der Waals surface area contributed by atoms with Gasteiger partial charge in [-0.2, -0.15) is 0 Å². The third kappa shape index (κ3) is 6.48. The van der Waals surface area contributed by atoms with Crippen LogP contribution in [0.25, 0.3) is 99.5 Å². The van der Waals surface area contributed by atoms with Gasteiger partial charge < -0.3 is 14.0 Å². The SMILES string of the molecule is CC1CC=CC=C1n1c2ccccc2c2cc(-c3ccc(N(c4ccc(-c5ccc6c(c5)c5cc7c(cc5n6-c5ccccc5)C(C)(C)c5ccccc5-7)cc4)c4cccc5c4C(C)(C)c4ccccc4-5)cc3)ccc21. The summed E-state index contributed by atoms with van der Waals surface area (Å²) in [6, 6.07) is 82.1. The van der Waals surface area contributed by atoms with Gasteiger partial charge in [0.25, 0.3) is 0 Å². The summed E-state index contributed by atoms with van der Waals surface area (Å²) in [5.41, 5.74) is 26.2. The van der Waals surface area contributed by atoms with Crippen molar-refractivity contribution >= 4 is 66.4 Å². The zero-order valence-corrected chi connectivity index (χ0v) is 43.6. The molecule has 3 nitrogen and oxygen atoms in total. The molecule has 0 radical (unpaired) electrons. The fourth-order valence-electron chi connectivity index (χ4n) is 13.7. The number of allylic oxidation sites excluding steroid dienone is 4. The molecule has 10 aromatic carbocycles. The maximum Gasteiger partial charge on any atom is 0.0544 e. The second kappa shape index (κ2) is 16.5. The second-order valence-electron chi connectivity index (χ2n) is 22.5. The molecule has 3 aliphatic carbocycles. The van der Waals surface area contributed by atoms with Crippen molar-refractivity contribution in [2.24, 2.45) is 5.92 Å². The number of aromatic nitrogens is 2. The number of hydrogen-bond acceptors (Lipinski definition) is 1. The molecule has 12 aromatic rings. The van der Waals surface area contributed by atoms with Crippen LogP contribution in [0, 0.1) is 5.92 Å². The highest BCUT2D eigenvalue weighted by molar-refractivity contribution is 6.13. The van der Waals surface area contributed by atoms with Crippen molar-refractivity contribution < 1.29 is 0 Å². The van der Waals surface area contributed by atoms with E-state index in [1.54, 1.807) is 0 Å². The molecule has 15 rings (SSSR count). The van der Waals surface area contributed by atoms with Crippen molar-refractivity contribution in [1.29, 1.82) is 0 Å². The van der Waals surface area contributed by atoms with E-state index in [-0.39, 0.29) is 10.8 Å². The Balaban J connectivity index is 0.851. The summed E-state index contributed by atoms with van der Waals surface area (Å²) in [4.78, 5) is 2.49. The third-order valence-corrected chi connectivity index (χ3v) is 17.5. The van der Waals surface area contributed by atoms with E-state index in [0.717, 1.165) is 17.8 Å². The second-order valence-corrected chi connectivity index (χ2v) is 22.5. The molecule has 2 aromatic heterocycles. The van der Waals surface area contributed by atoms with Gasteiger partial charge in [-0.3, -0.25) is 0 Å². The van der Waals surface area contributed by atoms with E-state index >= 15 is 0 Å². The van der Waals surface area contributed by atoms with Crippen molar-refractivity contribution in [3.63, 3.8) is 0 Å². The molecule has 0 spiro atoms. The molecular formula is C73H57N3. The van der Waals surface area contributed by atoms with Crippen LogP contribution >= 0.6 is 0 Å². The number of nitrogens with zero attached hydrogens (tertiary/aromatic N) is 3. The molecule has 0 aliphatic heterocycles. The predicted molar refractivity (Wildman–Crippen MR) is 322 cm³/mol. The van der Waals surface area contributed by atoms with Gasteiger partial charge in [0.15, 0.2) is 0 Å². The van der Waals surface area contributed by atoms with Crippen LogP contribution in [0.5, 0.6) is 0 Å². The smallest absolute Gasteiger partial charge is 0.0544 e. The third-order valence-electron chi connectivity index (χ3n) is 17.5. The number of fused-ring (bicyclic) bond motifs is 12. The fraction of sp³-hybridized carbons (Fsp3) is 0.123. The Hall–Kier alpha value is -8.92. The Morgan fingerprint density at radius 2 is 0.947 bits per heavy atom. The van der Waals surface area contributed by atoms with Crippen molar-refractivity contribution in [3.8, 4) is 50.2 Å². The van der Waals surface area contributed by atoms with Gasteiger partial charge in [-0.1, -0.05) is 180 Å². The molecule has 0 N–H and O–H groups in total. The van der Waals surface area contributed by atoms with Crippen molar-refractivity contribution in [2.75, 3.05) is 4.90 Å². The fourth-order valence-corrected chi connectivity index (χ4v) is 13.7. The van der Waals surface area contributed by atoms with Gasteiger partial charge in [-0.25, -0.2) is 0 Å². The summed E-state index contributed by atoms with van der Waals surface area (Å²) in [5, 5.41) is 5.10. The zero-order valence-electron chi connectivity index (χ0n) is 43.6. The number of hydrogen-bond donors (Lipinski definition) is 0. The Bertz CT molecular complexity index is 4420. The monoisotopic (exact) mass is 975 g/mol. The van der Waals surface area contributed by atoms with Gasteiger partial charge in [-0.05, 0) is 164 Å². The molecule has 364 valence electrons. The average Bonchev–Trinajstić information content (AvgIpc) is 4.12. The highest BCUT2D eigenvalue weighted by atomic mass is 15.1. The van der Waals surface area contributed by atoms with E-state index in [1.165, 1.54) is 127 Å². The molecule has 0 saturated carbocycles. The number of benzene rings is 10. The van der Waals surface area contributed by atoms with E-state index in [1.807, 2.05) is 0 Å². The first-order valence-electron chi connectivity index (χ1n) is 27.1. The number of anilines is 3. The largest absolute Gasteiger partial charge is 0.313 e. The van der Waals surface area contributed by atoms with Crippen LogP contribution in [-0.4, -0.2) is 9.13 Å². The standard InChI is InChI=1S/C73H57N3/c1-46-18-9-15-27-65(46)76-66-28-16-12-23-56(66)59-42-49(35-41-68(59)76)47-30-36-52(37-31-47)74(69-29-17-24-57-54-21-10-14-26-63(54)73(4,5)71(57)69)53-38-32-48(33-39-53)50-34-40-67-60(43-50)61-44-58-55-22-11-13-25-62(55)72(2,3)64(58)45-70(61)75(67)51-19-7-6-8-20-51/h6-17,19-46H,18H2,1-5H3. The Labute approximate surface area is 445 Å². The summed E-state index contributed by atoms with van der Waals surface area (Å²) in [7, 11) is 0. The van der Waals surface area contributed by atoms with Crippen LogP contribution < -0.4 is 4.90 Å². The molecule has 1 unspecified atom stereocenters. The maximum absolute atomic E-state index is 2.49. The molecule has 0 bridgehead atoms. The lowest BCUT2D eigenvalue weighted by Crippen LogP contribution is -2.20. The first-order chi connectivity index (χ1) is 37.1. The molecule has 3 aliphatic rings. The zero-order chi connectivity index (χ0) is 51.0. The minimum atomic E-state index is -0.205. The minimum Gasteiger partial charge on any atom is -0.313 e. The van der Waals surface area contributed by atoms with Crippen LogP contribution in [0.2, 0.25) is 0 Å². The van der Waals surface area contributed by atoms with Crippen LogP contribution in [0.15, 0.2) is 237 Å². The summed E-state index contributed by atoms with van der Waals surface area (Å²) in [6.07, 6.45) is 7.84. The molecule has 0 amide bonds. The lowest BCUT2D eigenvalue weighted by Gasteiger charge is -2.32. The Morgan fingerprint density at radius 3 is 1.63 bits per heavy atom. The molecular weight excluding hydrogens is 919 g/mol. The van der Waals surface area contributed by atoms with E-state index in [0.29, 0.717) is 5.92 Å². The molecule has 3 heteroatoms. The van der Waals surface area contributed by atoms with E-state index < -0.39 is 0 Å². The summed E-state index contributed by atoms with van der Waals surface area (Å²) in [5.74, 6) is 0.443. The summed E-state index contributed by atoms with van der Waals surface area (Å²) in [6.45, 7) is 11.9. The van der Waals surface area contributed by atoms with Crippen molar-refractivity contribution in [1.82, 2.24) is 9.13 Å². The maximum atomic E-state index is 2.49. The van der Waals surface area contributed by atoms with Gasteiger partial charge in [0, 0.05) is 61.1 Å². The quantitative estimate of drug-likeness (QED) is 0.155. The van der Waals surface area contributed by atoms with Crippen LogP contribution in [-0.2, 0) is 10.8 Å². The minimum absolute atomic E-state index is 0.0946. The summed E-state index contributed by atoms with van der Waals surface area (Å²) >= 11 is 0. The summed E-state index contributed by atoms with van der Waals surface area (Å²) < 4.78 is 4.95. The van der Waals surface area contributed by atoms with Gasteiger partial charge >= 0.3 is 0 Å². The molecule has 76 heavy (non-hydrogen) atoms. The van der Waals surface area contributed by atoms with Gasteiger partial charge in [0.05, 0.1) is 27.8 Å². The lowest BCUT2D eigenvalue weighted by molar-refractivity contribution is 0.660. The first-order valence-corrected chi connectivity index (χ1v) is 27.1. The van der Waals surface area contributed by atoms with E-state index in [9.17, 15) is 0 Å². The number of para-hydroxylation sites is 2. The van der Waals surface area contributed by atoms with Gasteiger partial charge in [0.1, 0.15) is 0 Å². The Morgan fingerprint density at radius 1 is 0.408 bits per heavy atom. The van der Waals surface area contributed by atoms with Crippen LogP contribution in [0.4, 0.5) is 17.1 Å². The molecule has 0 fully saturated rings. The van der Waals surface area contributed by atoms with Gasteiger partial charge in [0.2, 0.25) is 0 Å². The lowest BCUT2D eigenvalue weighted by atomic mass is 9.81. The molecule has 2 heterocycles. The van der Waals surface area contributed by atoms with Crippen molar-refractivity contribution in [2.45, 2.75) is 51.9 Å². The highest BCUT2D eigenvalue weighted by Gasteiger charge is 2.39. The predicted octanol–water partition coefficient (Wildman–Crippen LogP) is 19.7. The molecule has 1 atom stereocenters. The van der Waals surface area contributed by atoms with Gasteiger partial charge in [-0.15, -0.1) is 0 Å². The van der Waals surface area contributed by atoms with E-state index in [4.69, 9.17) is 0 Å². The normalized spacial score (nSPS) is 15.8. The number of rotatable bonds is 7. The average molecular weight is 976 g/mol. The Kier molecular flexibility index (Phi) is 9.70. The van der Waals surface area contributed by atoms with Crippen molar-refractivity contribution in [3.05, 3.63) is 259 Å². The first kappa shape index (κ1) is 44.6. The molecule has 0 saturated heterocycles. The van der Waals surface area contributed by atoms with Crippen LogP contribution in [0.3, 0.4) is 0 Å².